The molecule has 0 saturated carbocycles. The van der Waals surface area contributed by atoms with Gasteiger partial charge in [-0.3, -0.25) is 9.59 Å². The Hall–Kier alpha value is -4.11. The summed E-state index contributed by atoms with van der Waals surface area (Å²) in [6, 6.07) is 0. The fourth-order valence-electron chi connectivity index (χ4n) is 7.30. The number of fused-ring (bicyclic) bond motifs is 1. The van der Waals surface area contributed by atoms with E-state index in [0.29, 0.717) is 49.6 Å². The van der Waals surface area contributed by atoms with Crippen LogP contribution < -0.4 is 10.6 Å². The summed E-state index contributed by atoms with van der Waals surface area (Å²) < 4.78 is 44.4. The molecule has 342 valence electrons. The van der Waals surface area contributed by atoms with Gasteiger partial charge in [-0.05, 0) is 88.0 Å². The standard InChI is InChI=1S/C45H74N2O13/c1-28(2)34(9)53-23-33(8)58-43(52)47-27-45(12,13)22-30(5)15-14-16-37(48)59-35-25-54-40-36(26-55-39(35)40)60-42(51)46-20-18-31(6)21-44(10,11)19-17-38(49)57-32(7)24-56-41(50)29(3)4/h30-33,35-36,39-40H,1,3,9,14-27H2,2,4-8,10-13H3,(H,46,51)(H,47,52)/t30?,31?,32?,33?,35-,36+,39+,40+/m0/s1. The van der Waals surface area contributed by atoms with Gasteiger partial charge in [-0.1, -0.05) is 67.7 Å². The zero-order valence-corrected chi connectivity index (χ0v) is 37.9. The third-order valence-corrected chi connectivity index (χ3v) is 10.4. The molecule has 4 unspecified atom stereocenters. The van der Waals surface area contributed by atoms with Crippen LogP contribution in [0.5, 0.6) is 0 Å². The molecule has 2 rings (SSSR count). The molecule has 15 heteroatoms. The molecule has 8 atom stereocenters. The van der Waals surface area contributed by atoms with E-state index in [2.05, 4.69) is 71.9 Å². The minimum atomic E-state index is -0.624. The summed E-state index contributed by atoms with van der Waals surface area (Å²) in [5.41, 5.74) is 0.664. The smallest absolute Gasteiger partial charge is 0.407 e. The number of alkyl carbamates (subject to hydrolysis) is 2. The van der Waals surface area contributed by atoms with Crippen LogP contribution >= 0.6 is 0 Å². The molecular formula is C45H74N2O13. The average Bonchev–Trinajstić information content (AvgIpc) is 3.73. The van der Waals surface area contributed by atoms with E-state index in [-0.39, 0.29) is 73.5 Å². The Morgan fingerprint density at radius 2 is 1.25 bits per heavy atom. The van der Waals surface area contributed by atoms with Gasteiger partial charge in [0.25, 0.3) is 0 Å². The Bertz CT molecular complexity index is 1370. The van der Waals surface area contributed by atoms with Crippen molar-refractivity contribution in [1.82, 2.24) is 10.6 Å². The van der Waals surface area contributed by atoms with Gasteiger partial charge in [0.2, 0.25) is 0 Å². The van der Waals surface area contributed by atoms with E-state index in [1.165, 1.54) is 0 Å². The molecule has 0 aliphatic carbocycles. The van der Waals surface area contributed by atoms with Crippen LogP contribution in [0.4, 0.5) is 9.59 Å². The monoisotopic (exact) mass is 851 g/mol. The van der Waals surface area contributed by atoms with Gasteiger partial charge in [0.05, 0.1) is 13.2 Å². The number of ether oxygens (including phenoxy) is 8. The first-order valence-electron chi connectivity index (χ1n) is 21.3. The number of rotatable bonds is 27. The lowest BCUT2D eigenvalue weighted by Crippen LogP contribution is -2.38. The van der Waals surface area contributed by atoms with Crippen molar-refractivity contribution in [1.29, 1.82) is 0 Å². The Morgan fingerprint density at radius 3 is 1.87 bits per heavy atom. The summed E-state index contributed by atoms with van der Waals surface area (Å²) in [6.07, 6.45) is 0.610. The summed E-state index contributed by atoms with van der Waals surface area (Å²) in [5, 5.41) is 5.66. The summed E-state index contributed by atoms with van der Waals surface area (Å²) in [6.45, 7) is 31.7. The number of amides is 2. The maximum absolute atomic E-state index is 12.8. The van der Waals surface area contributed by atoms with Crippen LogP contribution in [0.15, 0.2) is 36.6 Å². The second kappa shape index (κ2) is 25.0. The van der Waals surface area contributed by atoms with Gasteiger partial charge >= 0.3 is 30.1 Å². The highest BCUT2D eigenvalue weighted by Crippen LogP contribution is 2.33. The average molecular weight is 851 g/mol. The normalized spacial score (nSPS) is 20.6. The Balaban J connectivity index is 1.62. The van der Waals surface area contributed by atoms with Gasteiger partial charge < -0.3 is 48.5 Å². The Morgan fingerprint density at radius 1 is 0.683 bits per heavy atom. The highest BCUT2D eigenvalue weighted by Gasteiger charge is 2.51. The summed E-state index contributed by atoms with van der Waals surface area (Å²) in [4.78, 5) is 61.7. The predicted molar refractivity (Wildman–Crippen MR) is 226 cm³/mol. The van der Waals surface area contributed by atoms with E-state index in [0.717, 1.165) is 19.3 Å². The topological polar surface area (TPSA) is 183 Å². The lowest BCUT2D eigenvalue weighted by Gasteiger charge is -2.28. The van der Waals surface area contributed by atoms with Gasteiger partial charge in [0.15, 0.2) is 12.2 Å². The number of nitrogens with one attached hydrogen (secondary N) is 2. The second-order valence-electron chi connectivity index (χ2n) is 18.4. The summed E-state index contributed by atoms with van der Waals surface area (Å²) >= 11 is 0. The van der Waals surface area contributed by atoms with Crippen molar-refractivity contribution in [3.63, 3.8) is 0 Å². The molecule has 2 fully saturated rings. The Labute approximate surface area is 358 Å². The molecule has 2 heterocycles. The number of allylic oxidation sites excluding steroid dienone is 1. The van der Waals surface area contributed by atoms with E-state index < -0.39 is 54.8 Å². The van der Waals surface area contributed by atoms with Crippen molar-refractivity contribution >= 4 is 30.1 Å². The second-order valence-corrected chi connectivity index (χ2v) is 18.4. The molecule has 2 aliphatic heterocycles. The van der Waals surface area contributed by atoms with E-state index in [9.17, 15) is 24.0 Å². The fraction of sp³-hybridized carbons (Fsp3) is 0.756. The van der Waals surface area contributed by atoms with Crippen molar-refractivity contribution in [3.8, 4) is 0 Å². The van der Waals surface area contributed by atoms with Gasteiger partial charge in [0, 0.05) is 31.5 Å². The fourth-order valence-corrected chi connectivity index (χ4v) is 7.30. The molecular weight excluding hydrogens is 776 g/mol. The van der Waals surface area contributed by atoms with E-state index in [4.69, 9.17) is 37.9 Å². The number of carbonyl (C=O) groups excluding carboxylic acids is 5. The van der Waals surface area contributed by atoms with Crippen LogP contribution in [0.2, 0.25) is 0 Å². The molecule has 0 spiro atoms. The van der Waals surface area contributed by atoms with Crippen LogP contribution in [0.3, 0.4) is 0 Å². The highest BCUT2D eigenvalue weighted by atomic mass is 16.7. The highest BCUT2D eigenvalue weighted by molar-refractivity contribution is 5.86. The van der Waals surface area contributed by atoms with Crippen LogP contribution in [0, 0.1) is 22.7 Å². The van der Waals surface area contributed by atoms with E-state index >= 15 is 0 Å². The van der Waals surface area contributed by atoms with Crippen molar-refractivity contribution < 1.29 is 61.9 Å². The van der Waals surface area contributed by atoms with Crippen LogP contribution in [-0.4, -0.2) is 106 Å². The maximum atomic E-state index is 12.8. The molecule has 15 nitrogen and oxygen atoms in total. The van der Waals surface area contributed by atoms with Crippen LogP contribution in [0.25, 0.3) is 0 Å². The third kappa shape index (κ3) is 20.4. The molecule has 0 radical (unpaired) electrons. The molecule has 2 amide bonds. The SMILES string of the molecule is C=C(C)C(=C)OCC(C)OC(=O)NCC(C)(C)CC(C)CCCC(=O)O[C@H]1CO[C@H]2[C@@H]1OC[C@H]2OC(=O)NCCC(C)CC(C)(C)CCC(=O)OC(C)COC(=O)C(=C)C. The van der Waals surface area contributed by atoms with Crippen LogP contribution in [-0.2, 0) is 52.3 Å². The van der Waals surface area contributed by atoms with Gasteiger partial charge in [-0.2, -0.15) is 0 Å². The van der Waals surface area contributed by atoms with Gasteiger partial charge in [-0.15, -0.1) is 0 Å². The molecule has 2 N–H and O–H groups in total. The molecule has 0 aromatic heterocycles. The maximum Gasteiger partial charge on any atom is 0.407 e. The quantitative estimate of drug-likeness (QED) is 0.0273. The first kappa shape index (κ1) is 52.0. The zero-order valence-electron chi connectivity index (χ0n) is 37.9. The van der Waals surface area contributed by atoms with E-state index in [1.54, 1.807) is 27.7 Å². The zero-order chi connectivity index (χ0) is 45.2. The van der Waals surface area contributed by atoms with Gasteiger partial charge in [-0.25, -0.2) is 14.4 Å². The van der Waals surface area contributed by atoms with Crippen LogP contribution in [0.1, 0.15) is 121 Å². The number of esters is 3. The van der Waals surface area contributed by atoms with Crippen molar-refractivity contribution in [3.05, 3.63) is 36.6 Å². The molecule has 2 saturated heterocycles. The third-order valence-electron chi connectivity index (χ3n) is 10.4. The number of hydrogen-bond acceptors (Lipinski definition) is 13. The molecule has 60 heavy (non-hydrogen) atoms. The summed E-state index contributed by atoms with van der Waals surface area (Å²) in [7, 11) is 0. The minimum Gasteiger partial charge on any atom is -0.490 e. The van der Waals surface area contributed by atoms with E-state index in [1.807, 2.05) is 0 Å². The number of hydrogen-bond donors (Lipinski definition) is 2. The lowest BCUT2D eigenvalue weighted by atomic mass is 9.79. The molecule has 0 bridgehead atoms. The van der Waals surface area contributed by atoms with Crippen molar-refractivity contribution in [2.45, 2.75) is 157 Å². The Kier molecular flexibility index (Phi) is 21.7. The number of carbonyl (C=O) groups is 5. The largest absolute Gasteiger partial charge is 0.490 e. The van der Waals surface area contributed by atoms with Gasteiger partial charge in [0.1, 0.15) is 43.4 Å². The minimum absolute atomic E-state index is 0.0252. The molecule has 0 aromatic carbocycles. The van der Waals surface area contributed by atoms with Crippen molar-refractivity contribution in [2.24, 2.45) is 22.7 Å². The first-order valence-corrected chi connectivity index (χ1v) is 21.3. The van der Waals surface area contributed by atoms with Crippen molar-refractivity contribution in [2.75, 3.05) is 39.5 Å². The molecule has 0 aromatic rings. The summed E-state index contributed by atoms with van der Waals surface area (Å²) in [5.74, 6) is -0.180. The molecule has 2 aliphatic rings. The lowest BCUT2D eigenvalue weighted by molar-refractivity contribution is -0.156. The first-order chi connectivity index (χ1) is 28.0. The predicted octanol–water partition coefficient (Wildman–Crippen LogP) is 7.51.